The highest BCUT2D eigenvalue weighted by Gasteiger charge is 2.35. The lowest BCUT2D eigenvalue weighted by atomic mass is 10.1. The Hall–Kier alpha value is -6.03. The molecule has 0 spiro atoms. The largest absolute Gasteiger partial charge is 0.330 e. The molecule has 0 saturated carbocycles. The van der Waals surface area contributed by atoms with Crippen molar-refractivity contribution >= 4 is 35.0 Å². The molecule has 0 unspecified atom stereocenters. The highest BCUT2D eigenvalue weighted by molar-refractivity contribution is 5.99. The third-order valence-corrected chi connectivity index (χ3v) is 9.92. The maximum atomic E-state index is 13.2. The van der Waals surface area contributed by atoms with Crippen LogP contribution in [0.1, 0.15) is 36.8 Å². The van der Waals surface area contributed by atoms with Crippen molar-refractivity contribution in [3.05, 3.63) is 126 Å². The average molecular weight is 695 g/mol. The van der Waals surface area contributed by atoms with Crippen molar-refractivity contribution in [1.29, 1.82) is 0 Å². The summed E-state index contributed by atoms with van der Waals surface area (Å²) in [5.41, 5.74) is 6.72. The summed E-state index contributed by atoms with van der Waals surface area (Å²) in [4.78, 5) is 55.9. The normalized spacial score (nSPS) is 16.9. The number of nitrogens with zero attached hydrogens (tertiary/aromatic N) is 4. The summed E-state index contributed by atoms with van der Waals surface area (Å²) in [6, 6.07) is 35.4. The monoisotopic (exact) mass is 694 g/mol. The number of likely N-dealkylation sites (tertiary alicyclic amines) is 2. The van der Waals surface area contributed by atoms with Crippen LogP contribution in [0.15, 0.2) is 115 Å². The molecule has 4 amide bonds. The number of carbonyl (C=O) groups is 4. The van der Waals surface area contributed by atoms with Crippen molar-refractivity contribution in [1.82, 2.24) is 19.6 Å². The second-order valence-corrected chi connectivity index (χ2v) is 13.5. The predicted octanol–water partition coefficient (Wildman–Crippen LogP) is 6.10. The number of rotatable bonds is 10. The van der Waals surface area contributed by atoms with E-state index in [-0.39, 0.29) is 36.5 Å². The average Bonchev–Trinajstić information content (AvgIpc) is 3.94. The number of nitrogens with one attached hydrogen (secondary N) is 2. The number of hydrogen-bond acceptors (Lipinski definition) is 5. The molecule has 10 heteroatoms. The number of aromatic nitrogens is 2. The summed E-state index contributed by atoms with van der Waals surface area (Å²) in [5.74, 6) is -0.420. The molecule has 5 aromatic rings. The first-order valence-corrected chi connectivity index (χ1v) is 17.9. The van der Waals surface area contributed by atoms with Gasteiger partial charge in [-0.1, -0.05) is 84.9 Å². The third kappa shape index (κ3) is 7.81. The van der Waals surface area contributed by atoms with E-state index < -0.39 is 12.1 Å². The molecule has 0 aliphatic carbocycles. The van der Waals surface area contributed by atoms with E-state index in [0.717, 1.165) is 46.5 Å². The van der Waals surface area contributed by atoms with Gasteiger partial charge >= 0.3 is 0 Å². The molecule has 2 fully saturated rings. The van der Waals surface area contributed by atoms with Crippen molar-refractivity contribution < 1.29 is 19.2 Å². The van der Waals surface area contributed by atoms with Gasteiger partial charge in [0.15, 0.2) is 0 Å². The second-order valence-electron chi connectivity index (χ2n) is 13.5. The molecule has 0 bridgehead atoms. The zero-order valence-corrected chi connectivity index (χ0v) is 29.2. The molecular weight excluding hydrogens is 653 g/mol. The first-order valence-electron chi connectivity index (χ1n) is 17.9. The van der Waals surface area contributed by atoms with Crippen molar-refractivity contribution in [2.75, 3.05) is 23.7 Å². The lowest BCUT2D eigenvalue weighted by Crippen LogP contribution is -2.43. The Morgan fingerprint density at radius 3 is 1.52 bits per heavy atom. The van der Waals surface area contributed by atoms with Crippen LogP contribution in [-0.2, 0) is 39.1 Å². The highest BCUT2D eigenvalue weighted by Crippen LogP contribution is 2.29. The maximum absolute atomic E-state index is 13.2. The summed E-state index contributed by atoms with van der Waals surface area (Å²) in [7, 11) is 1.89. The van der Waals surface area contributed by atoms with Crippen LogP contribution >= 0.6 is 0 Å². The van der Waals surface area contributed by atoms with Gasteiger partial charge in [-0.15, -0.1) is 0 Å². The van der Waals surface area contributed by atoms with Gasteiger partial charge in [0.25, 0.3) is 0 Å². The molecular formula is C42H42N6O4. The van der Waals surface area contributed by atoms with Crippen LogP contribution in [0.2, 0.25) is 0 Å². The minimum absolute atomic E-state index is 0.0335. The summed E-state index contributed by atoms with van der Waals surface area (Å²) < 4.78 is 1.81. The van der Waals surface area contributed by atoms with Gasteiger partial charge in [-0.25, -0.2) is 0 Å². The van der Waals surface area contributed by atoms with Gasteiger partial charge in [0.2, 0.25) is 23.6 Å². The van der Waals surface area contributed by atoms with Crippen LogP contribution in [0, 0.1) is 0 Å². The van der Waals surface area contributed by atoms with E-state index in [1.807, 2.05) is 127 Å². The molecule has 3 heterocycles. The molecule has 10 nitrogen and oxygen atoms in total. The van der Waals surface area contributed by atoms with Crippen molar-refractivity contribution in [3.8, 4) is 22.5 Å². The van der Waals surface area contributed by atoms with Crippen LogP contribution in [-0.4, -0.2) is 68.4 Å². The van der Waals surface area contributed by atoms with Crippen LogP contribution < -0.4 is 10.6 Å². The van der Waals surface area contributed by atoms with E-state index in [9.17, 15) is 19.2 Å². The van der Waals surface area contributed by atoms with Gasteiger partial charge in [0.05, 0.1) is 24.2 Å². The molecule has 52 heavy (non-hydrogen) atoms. The Morgan fingerprint density at radius 2 is 1.06 bits per heavy atom. The minimum Gasteiger partial charge on any atom is -0.330 e. The van der Waals surface area contributed by atoms with E-state index in [0.29, 0.717) is 37.3 Å². The Balaban J connectivity index is 0.949. The van der Waals surface area contributed by atoms with E-state index in [1.165, 1.54) is 0 Å². The molecule has 2 aliphatic rings. The number of carbonyl (C=O) groups excluding carboxylic acids is 4. The highest BCUT2D eigenvalue weighted by atomic mass is 16.2. The molecule has 2 N–H and O–H groups in total. The number of amides is 4. The molecule has 1 aromatic heterocycles. The van der Waals surface area contributed by atoms with Crippen molar-refractivity contribution in [3.63, 3.8) is 0 Å². The predicted molar refractivity (Wildman–Crippen MR) is 201 cm³/mol. The van der Waals surface area contributed by atoms with E-state index in [2.05, 4.69) is 10.6 Å². The van der Waals surface area contributed by atoms with Gasteiger partial charge in [0, 0.05) is 37.1 Å². The number of hydrogen-bond donors (Lipinski definition) is 2. The lowest BCUT2D eigenvalue weighted by molar-refractivity contribution is -0.136. The van der Waals surface area contributed by atoms with Gasteiger partial charge in [0.1, 0.15) is 12.1 Å². The SMILES string of the molecule is Cn1nc(-c2ccc(NC(=O)[C@@H]3CCCN3C(=O)Cc3ccccc3)cc2)cc1-c1ccc(NC(=O)[C@@H]2CCCN2C(=O)Cc2ccccc2)cc1. The molecule has 2 atom stereocenters. The summed E-state index contributed by atoms with van der Waals surface area (Å²) in [5, 5.41) is 10.7. The van der Waals surface area contributed by atoms with Crippen molar-refractivity contribution in [2.45, 2.75) is 50.6 Å². The van der Waals surface area contributed by atoms with E-state index in [4.69, 9.17) is 5.10 Å². The van der Waals surface area contributed by atoms with Crippen LogP contribution in [0.25, 0.3) is 22.5 Å². The number of anilines is 2. The number of aryl methyl sites for hydroxylation is 1. The molecule has 7 rings (SSSR count). The van der Waals surface area contributed by atoms with E-state index >= 15 is 0 Å². The molecule has 0 radical (unpaired) electrons. The number of benzene rings is 4. The van der Waals surface area contributed by atoms with E-state index in [1.54, 1.807) is 9.80 Å². The second kappa shape index (κ2) is 15.5. The maximum Gasteiger partial charge on any atom is 0.247 e. The standard InChI is InChI=1S/C42H42N6O4/c1-46-38(32-18-22-34(23-19-32)44-42(52)37-15-9-25-48(37)40(50)27-30-12-6-3-7-13-30)28-35(45-46)31-16-20-33(21-17-31)43-41(51)36-14-8-24-47(36)39(49)26-29-10-4-2-5-11-29/h2-7,10-13,16-23,28,36-37H,8-9,14-15,24-27H2,1H3,(H,43,51)(H,44,52)/t36-,37-/m0/s1. The van der Waals surface area contributed by atoms with Gasteiger partial charge in [-0.3, -0.25) is 23.9 Å². The summed E-state index contributed by atoms with van der Waals surface area (Å²) in [6.45, 7) is 1.17. The Labute approximate surface area is 303 Å². The fraction of sp³-hybridized carbons (Fsp3) is 0.262. The smallest absolute Gasteiger partial charge is 0.247 e. The van der Waals surface area contributed by atoms with Crippen molar-refractivity contribution in [2.24, 2.45) is 7.05 Å². The zero-order chi connectivity index (χ0) is 36.0. The van der Waals surface area contributed by atoms with Gasteiger partial charge < -0.3 is 20.4 Å². The first kappa shape index (κ1) is 34.4. The first-order chi connectivity index (χ1) is 25.3. The van der Waals surface area contributed by atoms with Gasteiger partial charge in [-0.2, -0.15) is 5.10 Å². The minimum atomic E-state index is -0.486. The molecule has 4 aromatic carbocycles. The van der Waals surface area contributed by atoms with Crippen LogP contribution in [0.4, 0.5) is 11.4 Å². The third-order valence-electron chi connectivity index (χ3n) is 9.92. The zero-order valence-electron chi connectivity index (χ0n) is 29.2. The summed E-state index contributed by atoms with van der Waals surface area (Å²) >= 11 is 0. The lowest BCUT2D eigenvalue weighted by Gasteiger charge is -2.24. The Kier molecular flexibility index (Phi) is 10.2. The summed E-state index contributed by atoms with van der Waals surface area (Å²) in [6.07, 6.45) is 3.45. The molecule has 2 aliphatic heterocycles. The Bertz CT molecular complexity index is 2040. The quantitative estimate of drug-likeness (QED) is 0.183. The fourth-order valence-electron chi connectivity index (χ4n) is 7.20. The van der Waals surface area contributed by atoms with Crippen LogP contribution in [0.5, 0.6) is 0 Å². The molecule has 264 valence electrons. The molecule has 2 saturated heterocycles. The topological polar surface area (TPSA) is 117 Å². The van der Waals surface area contributed by atoms with Crippen LogP contribution in [0.3, 0.4) is 0 Å². The Morgan fingerprint density at radius 1 is 0.615 bits per heavy atom. The fourth-order valence-corrected chi connectivity index (χ4v) is 7.20. The van der Waals surface area contributed by atoms with Gasteiger partial charge in [-0.05, 0) is 72.7 Å².